The van der Waals surface area contributed by atoms with E-state index >= 15 is 0 Å². The number of fused-ring (bicyclic) bond motifs is 1. The Hall–Kier alpha value is -2.62. The Morgan fingerprint density at radius 2 is 2.00 bits per heavy atom. The molecule has 2 aromatic carbocycles. The van der Waals surface area contributed by atoms with Gasteiger partial charge in [-0.05, 0) is 30.7 Å². The van der Waals surface area contributed by atoms with E-state index in [1.54, 1.807) is 12.1 Å². The zero-order chi connectivity index (χ0) is 14.1. The van der Waals surface area contributed by atoms with Crippen LogP contribution in [0.1, 0.15) is 15.9 Å². The number of ether oxygens (including phenoxy) is 1. The minimum atomic E-state index is -0.348. The second-order valence-electron chi connectivity index (χ2n) is 4.62. The van der Waals surface area contributed by atoms with Gasteiger partial charge in [0.1, 0.15) is 5.82 Å². The summed E-state index contributed by atoms with van der Waals surface area (Å²) in [5.41, 5.74) is 4.38. The molecule has 0 amide bonds. The molecular weight excluding hydrogens is 252 g/mol. The van der Waals surface area contributed by atoms with E-state index in [0.717, 1.165) is 28.0 Å². The van der Waals surface area contributed by atoms with Crippen molar-refractivity contribution >= 4 is 17.0 Å². The van der Waals surface area contributed by atoms with E-state index in [-0.39, 0.29) is 5.97 Å². The van der Waals surface area contributed by atoms with Crippen molar-refractivity contribution in [2.24, 2.45) is 0 Å². The maximum atomic E-state index is 11.5. The van der Waals surface area contributed by atoms with Crippen molar-refractivity contribution in [1.29, 1.82) is 0 Å². The van der Waals surface area contributed by atoms with E-state index in [1.807, 2.05) is 37.3 Å². The number of nitrogens with zero attached hydrogens (tertiary/aromatic N) is 1. The highest BCUT2D eigenvalue weighted by Crippen LogP contribution is 2.24. The highest BCUT2D eigenvalue weighted by atomic mass is 16.5. The van der Waals surface area contributed by atoms with Crippen LogP contribution in [0.3, 0.4) is 0 Å². The largest absolute Gasteiger partial charge is 0.465 e. The third-order valence-corrected chi connectivity index (χ3v) is 3.30. The molecule has 4 nitrogen and oxygen atoms in total. The van der Waals surface area contributed by atoms with Gasteiger partial charge in [0.15, 0.2) is 0 Å². The molecule has 20 heavy (non-hydrogen) atoms. The first-order valence-electron chi connectivity index (χ1n) is 6.33. The highest BCUT2D eigenvalue weighted by molar-refractivity contribution is 5.94. The Kier molecular flexibility index (Phi) is 2.99. The number of carbonyl (C=O) groups excluding carboxylic acids is 1. The lowest BCUT2D eigenvalue weighted by Gasteiger charge is -2.00. The molecule has 0 atom stereocenters. The van der Waals surface area contributed by atoms with Gasteiger partial charge in [0.2, 0.25) is 0 Å². The fraction of sp³-hybridized carbons (Fsp3) is 0.125. The number of carbonyl (C=O) groups is 1. The summed E-state index contributed by atoms with van der Waals surface area (Å²) < 4.78 is 4.72. The number of imidazole rings is 1. The molecule has 3 aromatic rings. The van der Waals surface area contributed by atoms with Crippen LogP contribution >= 0.6 is 0 Å². The van der Waals surface area contributed by atoms with Gasteiger partial charge in [-0.2, -0.15) is 0 Å². The number of hydrogen-bond acceptors (Lipinski definition) is 3. The zero-order valence-electron chi connectivity index (χ0n) is 11.3. The molecule has 4 heteroatoms. The average Bonchev–Trinajstić information content (AvgIpc) is 2.89. The highest BCUT2D eigenvalue weighted by Gasteiger charge is 2.10. The molecule has 1 heterocycles. The SMILES string of the molecule is COC(=O)c1ccc2nc(-c3ccccc3C)[nH]c2c1. The molecule has 0 fully saturated rings. The summed E-state index contributed by atoms with van der Waals surface area (Å²) in [6.45, 7) is 2.04. The minimum Gasteiger partial charge on any atom is -0.465 e. The topological polar surface area (TPSA) is 55.0 Å². The van der Waals surface area contributed by atoms with Gasteiger partial charge in [0.25, 0.3) is 0 Å². The van der Waals surface area contributed by atoms with Gasteiger partial charge in [-0.15, -0.1) is 0 Å². The van der Waals surface area contributed by atoms with Crippen molar-refractivity contribution in [3.63, 3.8) is 0 Å². The Morgan fingerprint density at radius 3 is 2.75 bits per heavy atom. The molecule has 0 unspecified atom stereocenters. The van der Waals surface area contributed by atoms with Crippen LogP contribution in [0.5, 0.6) is 0 Å². The molecule has 1 N–H and O–H groups in total. The van der Waals surface area contributed by atoms with Gasteiger partial charge < -0.3 is 9.72 Å². The van der Waals surface area contributed by atoms with E-state index in [4.69, 9.17) is 4.74 Å². The van der Waals surface area contributed by atoms with E-state index in [1.165, 1.54) is 7.11 Å². The normalized spacial score (nSPS) is 10.7. The summed E-state index contributed by atoms with van der Waals surface area (Å²) in [5, 5.41) is 0. The molecule has 0 bridgehead atoms. The molecule has 0 spiro atoms. The summed E-state index contributed by atoms with van der Waals surface area (Å²) in [6, 6.07) is 13.3. The lowest BCUT2D eigenvalue weighted by molar-refractivity contribution is 0.0601. The van der Waals surface area contributed by atoms with Crippen molar-refractivity contribution in [2.75, 3.05) is 7.11 Å². The van der Waals surface area contributed by atoms with Gasteiger partial charge in [0.05, 0.1) is 23.7 Å². The number of hydrogen-bond donors (Lipinski definition) is 1. The van der Waals surface area contributed by atoms with Gasteiger partial charge in [-0.1, -0.05) is 24.3 Å². The zero-order valence-corrected chi connectivity index (χ0v) is 11.3. The number of methoxy groups -OCH3 is 1. The fourth-order valence-corrected chi connectivity index (χ4v) is 2.22. The summed E-state index contributed by atoms with van der Waals surface area (Å²) in [4.78, 5) is 19.3. The number of rotatable bonds is 2. The van der Waals surface area contributed by atoms with Crippen molar-refractivity contribution in [2.45, 2.75) is 6.92 Å². The second-order valence-corrected chi connectivity index (χ2v) is 4.62. The summed E-state index contributed by atoms with van der Waals surface area (Å²) in [5.74, 6) is 0.457. The summed E-state index contributed by atoms with van der Waals surface area (Å²) in [7, 11) is 1.37. The molecule has 0 aliphatic heterocycles. The van der Waals surface area contributed by atoms with Gasteiger partial charge in [-0.3, -0.25) is 0 Å². The first kappa shape index (κ1) is 12.4. The number of benzene rings is 2. The third kappa shape index (κ3) is 2.05. The maximum Gasteiger partial charge on any atom is 0.337 e. The van der Waals surface area contributed by atoms with Crippen LogP contribution < -0.4 is 0 Å². The fourth-order valence-electron chi connectivity index (χ4n) is 2.22. The average molecular weight is 266 g/mol. The van der Waals surface area contributed by atoms with Crippen molar-refractivity contribution in [1.82, 2.24) is 9.97 Å². The predicted molar refractivity (Wildman–Crippen MR) is 77.6 cm³/mol. The molecule has 1 aromatic heterocycles. The number of nitrogens with one attached hydrogen (secondary N) is 1. The lowest BCUT2D eigenvalue weighted by Crippen LogP contribution is -2.00. The first-order valence-corrected chi connectivity index (χ1v) is 6.33. The van der Waals surface area contributed by atoms with Gasteiger partial charge in [-0.25, -0.2) is 9.78 Å². The van der Waals surface area contributed by atoms with Crippen LogP contribution in [0.15, 0.2) is 42.5 Å². The van der Waals surface area contributed by atoms with E-state index in [2.05, 4.69) is 9.97 Å². The van der Waals surface area contributed by atoms with Crippen LogP contribution in [0.2, 0.25) is 0 Å². The molecular formula is C16H14N2O2. The minimum absolute atomic E-state index is 0.348. The number of aryl methyl sites for hydroxylation is 1. The number of aromatic amines is 1. The van der Waals surface area contributed by atoms with Crippen molar-refractivity contribution < 1.29 is 9.53 Å². The van der Waals surface area contributed by atoms with E-state index in [0.29, 0.717) is 5.56 Å². The molecule has 0 saturated heterocycles. The molecule has 100 valence electrons. The van der Waals surface area contributed by atoms with Crippen molar-refractivity contribution in [3.8, 4) is 11.4 Å². The Bertz CT molecular complexity index is 790. The third-order valence-electron chi connectivity index (χ3n) is 3.30. The van der Waals surface area contributed by atoms with Gasteiger partial charge >= 0.3 is 5.97 Å². The van der Waals surface area contributed by atoms with Crippen LogP contribution in [0, 0.1) is 6.92 Å². The standard InChI is InChI=1S/C16H14N2O2/c1-10-5-3-4-6-12(10)15-17-13-8-7-11(16(19)20-2)9-14(13)18-15/h3-9H,1-2H3,(H,17,18). The van der Waals surface area contributed by atoms with Crippen LogP contribution in [0.25, 0.3) is 22.4 Å². The summed E-state index contributed by atoms with van der Waals surface area (Å²) in [6.07, 6.45) is 0. The quantitative estimate of drug-likeness (QED) is 0.724. The smallest absolute Gasteiger partial charge is 0.337 e. The number of esters is 1. The maximum absolute atomic E-state index is 11.5. The molecule has 3 rings (SSSR count). The Balaban J connectivity index is 2.12. The van der Waals surface area contributed by atoms with Crippen molar-refractivity contribution in [3.05, 3.63) is 53.6 Å². The first-order chi connectivity index (χ1) is 9.69. The van der Waals surface area contributed by atoms with E-state index < -0.39 is 0 Å². The Morgan fingerprint density at radius 1 is 1.20 bits per heavy atom. The number of H-pyrrole nitrogens is 1. The molecule has 0 radical (unpaired) electrons. The van der Waals surface area contributed by atoms with Crippen LogP contribution in [0.4, 0.5) is 0 Å². The number of aromatic nitrogens is 2. The lowest BCUT2D eigenvalue weighted by atomic mass is 10.1. The Labute approximate surface area is 116 Å². The summed E-state index contributed by atoms with van der Waals surface area (Å²) >= 11 is 0. The monoisotopic (exact) mass is 266 g/mol. The van der Waals surface area contributed by atoms with Gasteiger partial charge in [0, 0.05) is 5.56 Å². The molecule has 0 saturated carbocycles. The molecule has 0 aliphatic carbocycles. The van der Waals surface area contributed by atoms with E-state index in [9.17, 15) is 4.79 Å². The predicted octanol–water partition coefficient (Wildman–Crippen LogP) is 3.32. The van der Waals surface area contributed by atoms with Crippen LogP contribution in [-0.2, 0) is 4.74 Å². The van der Waals surface area contributed by atoms with Crippen LogP contribution in [-0.4, -0.2) is 23.0 Å². The second kappa shape index (κ2) is 4.81. The molecule has 0 aliphatic rings.